The molecule has 1 aromatic heterocycles. The Morgan fingerprint density at radius 2 is 2.10 bits per heavy atom. The molecular weight excluding hydrogens is 415 g/mol. The smallest absolute Gasteiger partial charge is 0.357 e. The van der Waals surface area contributed by atoms with E-state index < -0.39 is 12.7 Å². The molecule has 2 heterocycles. The monoisotopic (exact) mass is 449 g/mol. The summed E-state index contributed by atoms with van der Waals surface area (Å²) in [4.78, 5) is 6.04. The van der Waals surface area contributed by atoms with Crippen LogP contribution >= 0.6 is 11.8 Å². The molecule has 1 aliphatic rings. The predicted molar refractivity (Wildman–Crippen MR) is 115 cm³/mol. The number of halogens is 3. The van der Waals surface area contributed by atoms with Crippen LogP contribution in [0.5, 0.6) is 0 Å². The van der Waals surface area contributed by atoms with E-state index in [4.69, 9.17) is 0 Å². The van der Waals surface area contributed by atoms with E-state index in [2.05, 4.69) is 44.2 Å². The van der Waals surface area contributed by atoms with Crippen LogP contribution < -0.4 is 10.6 Å². The Labute approximate surface area is 181 Å². The van der Waals surface area contributed by atoms with Crippen LogP contribution in [-0.4, -0.2) is 76.8 Å². The van der Waals surface area contributed by atoms with Gasteiger partial charge in [-0.15, -0.1) is 10.2 Å². The van der Waals surface area contributed by atoms with Gasteiger partial charge in [-0.1, -0.05) is 25.6 Å². The third-order valence-electron chi connectivity index (χ3n) is 4.71. The fraction of sp³-hybridized carbons (Fsp3) is 0.842. The van der Waals surface area contributed by atoms with E-state index >= 15 is 0 Å². The van der Waals surface area contributed by atoms with E-state index in [1.165, 1.54) is 4.90 Å². The van der Waals surface area contributed by atoms with E-state index in [1.807, 2.05) is 13.2 Å². The number of nitrogens with one attached hydrogen (secondary N) is 2. The normalized spacial score (nSPS) is 18.4. The first-order valence-electron chi connectivity index (χ1n) is 10.5. The van der Waals surface area contributed by atoms with Crippen molar-refractivity contribution < 1.29 is 13.2 Å². The van der Waals surface area contributed by atoms with Gasteiger partial charge in [-0.05, 0) is 31.9 Å². The van der Waals surface area contributed by atoms with Crippen LogP contribution in [0.3, 0.4) is 0 Å². The highest BCUT2D eigenvalue weighted by atomic mass is 32.2. The number of thioether (sulfide) groups is 1. The highest BCUT2D eigenvalue weighted by molar-refractivity contribution is 7.98. The number of aliphatic imine (C=N–C) groups is 1. The average molecular weight is 450 g/mol. The molecule has 0 spiro atoms. The second-order valence-electron chi connectivity index (χ2n) is 7.95. The summed E-state index contributed by atoms with van der Waals surface area (Å²) in [6.45, 7) is 8.48. The minimum Gasteiger partial charge on any atom is -0.357 e. The Bertz CT molecular complexity index is 676. The van der Waals surface area contributed by atoms with Crippen LogP contribution in [0.4, 0.5) is 13.2 Å². The van der Waals surface area contributed by atoms with Crippen LogP contribution in [0.15, 0.2) is 10.1 Å². The zero-order valence-corrected chi connectivity index (χ0v) is 19.1. The number of aryl methyl sites for hydroxylation is 1. The summed E-state index contributed by atoms with van der Waals surface area (Å²) < 4.78 is 39.9. The van der Waals surface area contributed by atoms with Crippen LogP contribution in [0.2, 0.25) is 0 Å². The van der Waals surface area contributed by atoms with Crippen molar-refractivity contribution in [3.63, 3.8) is 0 Å². The summed E-state index contributed by atoms with van der Waals surface area (Å²) in [6.07, 6.45) is 0.135. The van der Waals surface area contributed by atoms with Gasteiger partial charge in [-0.2, -0.15) is 13.2 Å². The maximum Gasteiger partial charge on any atom is 0.401 e. The van der Waals surface area contributed by atoms with Crippen LogP contribution in [0, 0.1) is 5.92 Å². The number of aromatic nitrogens is 3. The van der Waals surface area contributed by atoms with E-state index in [1.54, 1.807) is 11.8 Å². The van der Waals surface area contributed by atoms with Gasteiger partial charge in [0.1, 0.15) is 5.82 Å². The van der Waals surface area contributed by atoms with Crippen LogP contribution in [0.25, 0.3) is 0 Å². The van der Waals surface area contributed by atoms with Gasteiger partial charge in [-0.3, -0.25) is 9.89 Å². The van der Waals surface area contributed by atoms with Crippen molar-refractivity contribution in [2.24, 2.45) is 10.9 Å². The van der Waals surface area contributed by atoms with Crippen molar-refractivity contribution in [1.29, 1.82) is 0 Å². The van der Waals surface area contributed by atoms with Gasteiger partial charge < -0.3 is 15.2 Å². The number of hydrogen-bond acceptors (Lipinski definition) is 5. The molecule has 1 saturated heterocycles. The molecule has 30 heavy (non-hydrogen) atoms. The number of alkyl halides is 3. The van der Waals surface area contributed by atoms with E-state index in [0.717, 1.165) is 30.4 Å². The summed E-state index contributed by atoms with van der Waals surface area (Å²) in [5, 5.41) is 16.0. The van der Waals surface area contributed by atoms with Gasteiger partial charge >= 0.3 is 6.18 Å². The Kier molecular flexibility index (Phi) is 9.73. The highest BCUT2D eigenvalue weighted by Crippen LogP contribution is 2.20. The van der Waals surface area contributed by atoms with Gasteiger partial charge in [0.15, 0.2) is 11.1 Å². The Balaban J connectivity index is 1.85. The number of rotatable bonds is 10. The Morgan fingerprint density at radius 1 is 1.33 bits per heavy atom. The Morgan fingerprint density at radius 3 is 2.73 bits per heavy atom. The lowest BCUT2D eigenvalue weighted by Gasteiger charge is -2.19. The van der Waals surface area contributed by atoms with Crippen LogP contribution in [0.1, 0.15) is 39.4 Å². The molecular formula is C19H34F3N7S. The molecule has 1 unspecified atom stereocenters. The maximum absolute atomic E-state index is 12.6. The predicted octanol–water partition coefficient (Wildman–Crippen LogP) is 2.78. The summed E-state index contributed by atoms with van der Waals surface area (Å²) in [5.74, 6) is 2.14. The molecule has 0 aliphatic carbocycles. The molecule has 1 aromatic rings. The molecule has 0 radical (unpaired) electrons. The SMILES string of the molecule is CCNC(=NCCCc1nnc(SC)n1CC(C)C)NC1CCN(CC(F)(F)F)C1. The van der Waals surface area contributed by atoms with E-state index in [9.17, 15) is 13.2 Å². The average Bonchev–Trinajstić information content (AvgIpc) is 3.23. The highest BCUT2D eigenvalue weighted by Gasteiger charge is 2.34. The van der Waals surface area contributed by atoms with Gasteiger partial charge in [0.2, 0.25) is 0 Å². The van der Waals surface area contributed by atoms with Crippen LogP contribution in [-0.2, 0) is 13.0 Å². The molecule has 7 nitrogen and oxygen atoms in total. The summed E-state index contributed by atoms with van der Waals surface area (Å²) >= 11 is 1.60. The van der Waals surface area contributed by atoms with Gasteiger partial charge in [-0.25, -0.2) is 0 Å². The summed E-state index contributed by atoms with van der Waals surface area (Å²) in [7, 11) is 0. The molecule has 0 saturated carbocycles. The zero-order valence-electron chi connectivity index (χ0n) is 18.3. The van der Waals surface area contributed by atoms with Gasteiger partial charge in [0.05, 0.1) is 6.54 Å². The number of hydrogen-bond donors (Lipinski definition) is 2. The van der Waals surface area contributed by atoms with E-state index in [0.29, 0.717) is 44.5 Å². The fourth-order valence-electron chi connectivity index (χ4n) is 3.49. The second-order valence-corrected chi connectivity index (χ2v) is 8.73. The van der Waals surface area contributed by atoms with Crippen molar-refractivity contribution >= 4 is 17.7 Å². The lowest BCUT2D eigenvalue weighted by molar-refractivity contribution is -0.143. The molecule has 1 atom stereocenters. The van der Waals surface area contributed by atoms with Crippen molar-refractivity contribution in [3.8, 4) is 0 Å². The zero-order chi connectivity index (χ0) is 22.1. The molecule has 1 fully saturated rings. The quantitative estimate of drug-likeness (QED) is 0.248. The van der Waals surface area contributed by atoms with Crippen molar-refractivity contribution in [2.75, 3.05) is 39.0 Å². The number of likely N-dealkylation sites (tertiary alicyclic amines) is 1. The first kappa shape index (κ1) is 24.8. The van der Waals surface area contributed by atoms with Crippen molar-refractivity contribution in [1.82, 2.24) is 30.3 Å². The maximum atomic E-state index is 12.6. The standard InChI is InChI=1S/C19H34F3N7S/c1-5-23-17(25-15-8-10-28(12-15)13-19(20,21)22)24-9-6-7-16-26-27-18(30-4)29(16)11-14(2)3/h14-15H,5-13H2,1-4H3,(H2,23,24,25). The molecule has 1 aliphatic heterocycles. The van der Waals surface area contributed by atoms with Crippen molar-refractivity contribution in [3.05, 3.63) is 5.82 Å². The van der Waals surface area contributed by atoms with E-state index in [-0.39, 0.29) is 6.04 Å². The summed E-state index contributed by atoms with van der Waals surface area (Å²) in [6, 6.07) is -0.0246. The molecule has 0 amide bonds. The minimum absolute atomic E-state index is 0.0246. The topological polar surface area (TPSA) is 70.4 Å². The Hall–Kier alpha value is -1.49. The third-order valence-corrected chi connectivity index (χ3v) is 5.38. The fourth-order valence-corrected chi connectivity index (χ4v) is 4.02. The number of nitrogens with zero attached hydrogens (tertiary/aromatic N) is 5. The lowest BCUT2D eigenvalue weighted by Crippen LogP contribution is -2.45. The minimum atomic E-state index is -4.15. The first-order chi connectivity index (χ1) is 14.2. The molecule has 0 bridgehead atoms. The first-order valence-corrected chi connectivity index (χ1v) is 11.7. The third kappa shape index (κ3) is 8.33. The molecule has 2 rings (SSSR count). The molecule has 172 valence electrons. The largest absolute Gasteiger partial charge is 0.401 e. The molecule has 2 N–H and O–H groups in total. The van der Waals surface area contributed by atoms with Crippen molar-refractivity contribution in [2.45, 2.75) is 64.0 Å². The summed E-state index contributed by atoms with van der Waals surface area (Å²) in [5.41, 5.74) is 0. The molecule has 11 heteroatoms. The van der Waals surface area contributed by atoms with Gasteiger partial charge in [0, 0.05) is 45.2 Å². The number of guanidine groups is 1. The lowest BCUT2D eigenvalue weighted by atomic mass is 10.2. The molecule has 0 aromatic carbocycles. The second kappa shape index (κ2) is 11.8. The van der Waals surface area contributed by atoms with Gasteiger partial charge in [0.25, 0.3) is 0 Å².